The Morgan fingerprint density at radius 2 is 1.51 bits per heavy atom. The van der Waals surface area contributed by atoms with Crippen molar-refractivity contribution < 1.29 is 19.4 Å². The second-order valence-corrected chi connectivity index (χ2v) is 10.00. The Kier molecular flexibility index (Phi) is 7.45. The molecule has 0 saturated heterocycles. The van der Waals surface area contributed by atoms with Crippen LogP contribution in [0.4, 0.5) is 0 Å². The molecule has 1 aliphatic carbocycles. The van der Waals surface area contributed by atoms with Crippen molar-refractivity contribution in [2.24, 2.45) is 5.92 Å². The third-order valence-corrected chi connectivity index (χ3v) is 7.65. The summed E-state index contributed by atoms with van der Waals surface area (Å²) in [5.74, 6) is 1.08. The zero-order chi connectivity index (χ0) is 25.8. The third kappa shape index (κ3) is 5.64. The lowest BCUT2D eigenvalue weighted by atomic mass is 9.90. The maximum absolute atomic E-state index is 11.1. The summed E-state index contributed by atoms with van der Waals surface area (Å²) < 4.78 is 10.8. The van der Waals surface area contributed by atoms with Crippen LogP contribution in [0.25, 0.3) is 21.9 Å². The van der Waals surface area contributed by atoms with Crippen molar-refractivity contribution in [2.75, 3.05) is 14.2 Å². The van der Waals surface area contributed by atoms with Gasteiger partial charge in [-0.3, -0.25) is 4.79 Å². The average molecular weight is 495 g/mol. The fraction of sp³-hybridized carbons (Fsp3) is 0.303. The van der Waals surface area contributed by atoms with Gasteiger partial charge in [-0.1, -0.05) is 61.0 Å². The van der Waals surface area contributed by atoms with Crippen LogP contribution in [-0.2, 0) is 17.6 Å². The number of rotatable bonds is 11. The van der Waals surface area contributed by atoms with Crippen molar-refractivity contribution in [1.82, 2.24) is 0 Å². The second kappa shape index (κ2) is 11.1. The van der Waals surface area contributed by atoms with Gasteiger partial charge in [0.15, 0.2) is 0 Å². The van der Waals surface area contributed by atoms with E-state index in [9.17, 15) is 4.79 Å². The minimum absolute atomic E-state index is 0.191. The van der Waals surface area contributed by atoms with Crippen molar-refractivity contribution >= 4 is 16.7 Å². The lowest BCUT2D eigenvalue weighted by molar-refractivity contribution is -0.138. The highest BCUT2D eigenvalue weighted by atomic mass is 16.5. The molecule has 2 atom stereocenters. The van der Waals surface area contributed by atoms with Gasteiger partial charge in [0.05, 0.1) is 20.1 Å². The van der Waals surface area contributed by atoms with Gasteiger partial charge in [-0.25, -0.2) is 0 Å². The SMILES string of the molecule is COc1ccc(-c2ccc3cc(OC)ccc3c2CCCCCc2ccc(C3CC3C(=O)O)cc2)cc1. The number of methoxy groups -OCH3 is 2. The van der Waals surface area contributed by atoms with Gasteiger partial charge >= 0.3 is 5.97 Å². The number of aliphatic carboxylic acids is 1. The average Bonchev–Trinajstić information content (AvgIpc) is 3.74. The smallest absolute Gasteiger partial charge is 0.307 e. The van der Waals surface area contributed by atoms with E-state index in [-0.39, 0.29) is 11.8 Å². The minimum Gasteiger partial charge on any atom is -0.497 e. The van der Waals surface area contributed by atoms with Gasteiger partial charge in [0.2, 0.25) is 0 Å². The molecule has 0 bridgehead atoms. The molecule has 0 heterocycles. The first kappa shape index (κ1) is 24.9. The Labute approximate surface area is 218 Å². The number of hydrogen-bond acceptors (Lipinski definition) is 3. The van der Waals surface area contributed by atoms with E-state index < -0.39 is 5.97 Å². The number of carbonyl (C=O) groups is 1. The van der Waals surface area contributed by atoms with Gasteiger partial charge in [-0.05, 0) is 101 Å². The number of hydrogen-bond donors (Lipinski definition) is 1. The van der Waals surface area contributed by atoms with E-state index in [1.54, 1.807) is 14.2 Å². The van der Waals surface area contributed by atoms with Crippen molar-refractivity contribution in [3.63, 3.8) is 0 Å². The standard InChI is InChI=1S/C33H34O4/c1-36-26-15-12-23(13-16-26)28-18-14-25-20-27(37-2)17-19-29(25)30(28)7-5-3-4-6-22-8-10-24(11-9-22)31-21-32(31)33(34)35/h8-20,31-32H,3-7,21H2,1-2H3,(H,34,35). The quantitative estimate of drug-likeness (QED) is 0.217. The number of fused-ring (bicyclic) bond motifs is 1. The number of ether oxygens (including phenoxy) is 2. The van der Waals surface area contributed by atoms with Crippen molar-refractivity contribution in [2.45, 2.75) is 44.4 Å². The van der Waals surface area contributed by atoms with Gasteiger partial charge in [-0.15, -0.1) is 0 Å². The summed E-state index contributed by atoms with van der Waals surface area (Å²) in [5.41, 5.74) is 6.35. The largest absolute Gasteiger partial charge is 0.497 e. The molecular weight excluding hydrogens is 460 g/mol. The molecule has 1 fully saturated rings. The number of aryl methyl sites for hydroxylation is 2. The van der Waals surface area contributed by atoms with Crippen LogP contribution in [0.1, 0.15) is 48.3 Å². The molecular formula is C33H34O4. The Morgan fingerprint density at radius 1 is 0.811 bits per heavy atom. The minimum atomic E-state index is -0.672. The molecule has 37 heavy (non-hydrogen) atoms. The van der Waals surface area contributed by atoms with E-state index in [0.29, 0.717) is 0 Å². The molecule has 190 valence electrons. The molecule has 0 aromatic heterocycles. The molecule has 0 aliphatic heterocycles. The van der Waals surface area contributed by atoms with Crippen molar-refractivity contribution in [3.05, 3.63) is 95.6 Å². The fourth-order valence-electron chi connectivity index (χ4n) is 5.39. The number of benzene rings is 4. The van der Waals surface area contributed by atoms with E-state index in [0.717, 1.165) is 55.6 Å². The van der Waals surface area contributed by atoms with Crippen LogP contribution in [0.5, 0.6) is 11.5 Å². The molecule has 2 unspecified atom stereocenters. The zero-order valence-electron chi connectivity index (χ0n) is 21.6. The van der Waals surface area contributed by atoms with Gasteiger partial charge in [-0.2, -0.15) is 0 Å². The van der Waals surface area contributed by atoms with Crippen LogP contribution in [0.3, 0.4) is 0 Å². The van der Waals surface area contributed by atoms with Crippen LogP contribution in [0.15, 0.2) is 78.9 Å². The predicted octanol–water partition coefficient (Wildman–Crippen LogP) is 7.67. The summed E-state index contributed by atoms with van der Waals surface area (Å²) in [6.07, 6.45) is 6.24. The van der Waals surface area contributed by atoms with Crippen LogP contribution in [-0.4, -0.2) is 25.3 Å². The normalized spacial score (nSPS) is 16.5. The highest BCUT2D eigenvalue weighted by Crippen LogP contribution is 2.47. The fourth-order valence-corrected chi connectivity index (χ4v) is 5.39. The molecule has 0 spiro atoms. The van der Waals surface area contributed by atoms with Gasteiger partial charge < -0.3 is 14.6 Å². The lowest BCUT2D eigenvalue weighted by Gasteiger charge is -2.15. The highest BCUT2D eigenvalue weighted by molar-refractivity contribution is 5.92. The molecule has 1 saturated carbocycles. The van der Waals surface area contributed by atoms with Crippen molar-refractivity contribution in [1.29, 1.82) is 0 Å². The Bertz CT molecular complexity index is 1370. The van der Waals surface area contributed by atoms with E-state index in [1.807, 2.05) is 18.2 Å². The maximum Gasteiger partial charge on any atom is 0.307 e. The number of carboxylic acids is 1. The first-order valence-corrected chi connectivity index (χ1v) is 13.1. The van der Waals surface area contributed by atoms with Crippen LogP contribution in [0.2, 0.25) is 0 Å². The summed E-state index contributed by atoms with van der Waals surface area (Å²) in [5, 5.41) is 11.6. The summed E-state index contributed by atoms with van der Waals surface area (Å²) in [6.45, 7) is 0. The molecule has 4 heteroatoms. The topological polar surface area (TPSA) is 55.8 Å². The molecule has 4 nitrogen and oxygen atoms in total. The van der Waals surface area contributed by atoms with Crippen LogP contribution in [0, 0.1) is 5.92 Å². The van der Waals surface area contributed by atoms with E-state index in [4.69, 9.17) is 14.6 Å². The third-order valence-electron chi connectivity index (χ3n) is 7.65. The summed E-state index contributed by atoms with van der Waals surface area (Å²) in [4.78, 5) is 11.1. The molecule has 4 aromatic carbocycles. The summed E-state index contributed by atoms with van der Waals surface area (Å²) in [7, 11) is 3.40. The monoisotopic (exact) mass is 494 g/mol. The first-order chi connectivity index (χ1) is 18.1. The molecule has 0 radical (unpaired) electrons. The molecule has 1 aliphatic rings. The van der Waals surface area contributed by atoms with Crippen molar-refractivity contribution in [3.8, 4) is 22.6 Å². The second-order valence-electron chi connectivity index (χ2n) is 10.00. The van der Waals surface area contributed by atoms with E-state index in [2.05, 4.69) is 60.7 Å². The van der Waals surface area contributed by atoms with E-state index in [1.165, 1.54) is 33.0 Å². The Morgan fingerprint density at radius 3 is 2.19 bits per heavy atom. The Balaban J connectivity index is 1.25. The maximum atomic E-state index is 11.1. The number of unbranched alkanes of at least 4 members (excludes halogenated alkanes) is 2. The molecule has 1 N–H and O–H groups in total. The predicted molar refractivity (Wildman–Crippen MR) is 149 cm³/mol. The first-order valence-electron chi connectivity index (χ1n) is 13.1. The summed E-state index contributed by atoms with van der Waals surface area (Å²) >= 11 is 0. The molecule has 5 rings (SSSR count). The molecule has 0 amide bonds. The van der Waals surface area contributed by atoms with Crippen LogP contribution >= 0.6 is 0 Å². The lowest BCUT2D eigenvalue weighted by Crippen LogP contribution is -1.99. The number of carboxylic acid groups (broad SMARTS) is 1. The zero-order valence-corrected chi connectivity index (χ0v) is 21.6. The van der Waals surface area contributed by atoms with E-state index >= 15 is 0 Å². The van der Waals surface area contributed by atoms with Gasteiger partial charge in [0, 0.05) is 0 Å². The van der Waals surface area contributed by atoms with Gasteiger partial charge in [0.25, 0.3) is 0 Å². The van der Waals surface area contributed by atoms with Gasteiger partial charge in [0.1, 0.15) is 11.5 Å². The summed E-state index contributed by atoms with van der Waals surface area (Å²) in [6, 6.07) is 27.7. The van der Waals surface area contributed by atoms with Crippen LogP contribution < -0.4 is 9.47 Å². The highest BCUT2D eigenvalue weighted by Gasteiger charge is 2.43. The Hall–Kier alpha value is -3.79. The molecule has 4 aromatic rings.